The van der Waals surface area contributed by atoms with Gasteiger partial charge in [-0.05, 0) is 18.8 Å². The molecule has 0 aromatic rings. The van der Waals surface area contributed by atoms with Gasteiger partial charge < -0.3 is 5.11 Å². The first-order valence-corrected chi connectivity index (χ1v) is 5.73. The number of hydrogen-bond donors (Lipinski definition) is 1. The molecule has 0 heterocycles. The molecule has 0 spiro atoms. The lowest BCUT2D eigenvalue weighted by atomic mass is 10.0. The van der Waals surface area contributed by atoms with Crippen molar-refractivity contribution in [1.82, 2.24) is 0 Å². The van der Waals surface area contributed by atoms with E-state index >= 15 is 0 Å². The van der Waals surface area contributed by atoms with E-state index in [0.29, 0.717) is 0 Å². The molecule has 0 radical (unpaired) electrons. The number of carboxylic acid groups (broad SMARTS) is 1. The standard InChI is InChI=1S/C13H22O2/c1-3-12(2)10-8-6-4-5-7-9-11-13(14)15/h5,7,9,11-12H,3-4,6,8,10H2,1-2H3,(H,14,15)/b7-5+,11-9-. The smallest absolute Gasteiger partial charge is 0.328 e. The molecule has 0 bridgehead atoms. The number of carboxylic acids is 1. The molecule has 0 aromatic heterocycles. The minimum Gasteiger partial charge on any atom is -0.478 e. The van der Waals surface area contributed by atoms with Crippen LogP contribution in [0.4, 0.5) is 0 Å². The first kappa shape index (κ1) is 13.9. The van der Waals surface area contributed by atoms with Gasteiger partial charge in [0.05, 0.1) is 0 Å². The topological polar surface area (TPSA) is 37.3 Å². The average Bonchev–Trinajstić information content (AvgIpc) is 2.21. The van der Waals surface area contributed by atoms with E-state index in [9.17, 15) is 4.79 Å². The van der Waals surface area contributed by atoms with Gasteiger partial charge in [0, 0.05) is 6.08 Å². The van der Waals surface area contributed by atoms with Crippen molar-refractivity contribution < 1.29 is 9.90 Å². The molecule has 0 saturated carbocycles. The van der Waals surface area contributed by atoms with Gasteiger partial charge in [0.2, 0.25) is 0 Å². The summed E-state index contributed by atoms with van der Waals surface area (Å²) in [4.78, 5) is 10.1. The van der Waals surface area contributed by atoms with Gasteiger partial charge in [-0.3, -0.25) is 0 Å². The zero-order chi connectivity index (χ0) is 11.5. The summed E-state index contributed by atoms with van der Waals surface area (Å²) >= 11 is 0. The molecule has 0 saturated heterocycles. The lowest BCUT2D eigenvalue weighted by molar-refractivity contribution is -0.131. The summed E-state index contributed by atoms with van der Waals surface area (Å²) in [5.74, 6) is -0.0580. The number of hydrogen-bond acceptors (Lipinski definition) is 1. The summed E-state index contributed by atoms with van der Waals surface area (Å²) in [6, 6.07) is 0. The van der Waals surface area contributed by atoms with Gasteiger partial charge in [-0.2, -0.15) is 0 Å². The van der Waals surface area contributed by atoms with E-state index in [1.807, 2.05) is 6.08 Å². The largest absolute Gasteiger partial charge is 0.478 e. The van der Waals surface area contributed by atoms with Crippen molar-refractivity contribution in [2.24, 2.45) is 5.92 Å². The molecule has 1 N–H and O–H groups in total. The molecule has 2 nitrogen and oxygen atoms in total. The Hall–Kier alpha value is -1.05. The summed E-state index contributed by atoms with van der Waals surface area (Å²) in [7, 11) is 0. The molecule has 15 heavy (non-hydrogen) atoms. The average molecular weight is 210 g/mol. The van der Waals surface area contributed by atoms with E-state index in [0.717, 1.165) is 18.4 Å². The van der Waals surface area contributed by atoms with Crippen LogP contribution in [0.5, 0.6) is 0 Å². The van der Waals surface area contributed by atoms with E-state index < -0.39 is 5.97 Å². The molecular weight excluding hydrogens is 188 g/mol. The SMILES string of the molecule is CCC(C)CCCC/C=C/C=C\C(=O)O. The van der Waals surface area contributed by atoms with Crippen LogP contribution in [-0.4, -0.2) is 11.1 Å². The maximum absolute atomic E-state index is 10.1. The van der Waals surface area contributed by atoms with Crippen molar-refractivity contribution >= 4 is 5.97 Å². The number of carbonyl (C=O) groups is 1. The Balaban J connectivity index is 3.34. The maximum Gasteiger partial charge on any atom is 0.328 e. The van der Waals surface area contributed by atoms with E-state index in [1.54, 1.807) is 12.2 Å². The zero-order valence-electron chi connectivity index (χ0n) is 9.78. The predicted molar refractivity (Wildman–Crippen MR) is 63.8 cm³/mol. The van der Waals surface area contributed by atoms with Crippen LogP contribution in [0.1, 0.15) is 46.0 Å². The highest BCUT2D eigenvalue weighted by molar-refractivity contribution is 5.80. The zero-order valence-corrected chi connectivity index (χ0v) is 9.78. The van der Waals surface area contributed by atoms with Crippen molar-refractivity contribution in [2.45, 2.75) is 46.0 Å². The molecule has 0 aliphatic heterocycles. The summed E-state index contributed by atoms with van der Waals surface area (Å²) in [5.41, 5.74) is 0. The van der Waals surface area contributed by atoms with Crippen LogP contribution >= 0.6 is 0 Å². The second-order valence-electron chi connectivity index (χ2n) is 3.92. The molecule has 2 heteroatoms. The summed E-state index contributed by atoms with van der Waals surface area (Å²) in [6.07, 6.45) is 12.6. The third kappa shape index (κ3) is 10.9. The highest BCUT2D eigenvalue weighted by Crippen LogP contribution is 2.12. The minimum atomic E-state index is -0.892. The molecule has 0 rings (SSSR count). The van der Waals surface area contributed by atoms with E-state index in [4.69, 9.17) is 5.11 Å². The van der Waals surface area contributed by atoms with Crippen LogP contribution in [0.2, 0.25) is 0 Å². The normalized spacial score (nSPS) is 13.7. The molecule has 0 aromatic carbocycles. The van der Waals surface area contributed by atoms with E-state index in [-0.39, 0.29) is 0 Å². The Bertz CT molecular complexity index is 217. The van der Waals surface area contributed by atoms with Crippen LogP contribution in [0, 0.1) is 5.92 Å². The van der Waals surface area contributed by atoms with Crippen LogP contribution in [0.3, 0.4) is 0 Å². The highest BCUT2D eigenvalue weighted by Gasteiger charge is 1.96. The second-order valence-corrected chi connectivity index (χ2v) is 3.92. The summed E-state index contributed by atoms with van der Waals surface area (Å²) < 4.78 is 0. The van der Waals surface area contributed by atoms with Gasteiger partial charge in [-0.25, -0.2) is 4.79 Å². The van der Waals surface area contributed by atoms with Crippen LogP contribution in [-0.2, 0) is 4.79 Å². The van der Waals surface area contributed by atoms with Crippen molar-refractivity contribution in [3.63, 3.8) is 0 Å². The molecule has 1 unspecified atom stereocenters. The third-order valence-corrected chi connectivity index (χ3v) is 2.50. The number of unbranched alkanes of at least 4 members (excludes halogenated alkanes) is 2. The van der Waals surface area contributed by atoms with Crippen LogP contribution in [0.15, 0.2) is 24.3 Å². The molecule has 86 valence electrons. The Kier molecular flexibility index (Phi) is 8.84. The lowest BCUT2D eigenvalue weighted by Gasteiger charge is -2.05. The first-order valence-electron chi connectivity index (χ1n) is 5.73. The highest BCUT2D eigenvalue weighted by atomic mass is 16.4. The summed E-state index contributed by atoms with van der Waals surface area (Å²) in [6.45, 7) is 4.51. The fraction of sp³-hybridized carbons (Fsp3) is 0.615. The molecule has 0 aliphatic rings. The van der Waals surface area contributed by atoms with Gasteiger partial charge in [-0.15, -0.1) is 0 Å². The Morgan fingerprint density at radius 3 is 2.67 bits per heavy atom. The molecule has 1 atom stereocenters. The fourth-order valence-electron chi connectivity index (χ4n) is 1.27. The first-order chi connectivity index (χ1) is 7.16. The molecule has 0 aliphatic carbocycles. The fourth-order valence-corrected chi connectivity index (χ4v) is 1.27. The van der Waals surface area contributed by atoms with Crippen LogP contribution in [0.25, 0.3) is 0 Å². The van der Waals surface area contributed by atoms with Gasteiger partial charge in [0.25, 0.3) is 0 Å². The predicted octanol–water partition coefficient (Wildman–Crippen LogP) is 3.79. The number of aliphatic carboxylic acids is 1. The second kappa shape index (κ2) is 9.50. The number of rotatable bonds is 8. The van der Waals surface area contributed by atoms with Crippen molar-refractivity contribution in [2.75, 3.05) is 0 Å². The van der Waals surface area contributed by atoms with Crippen LogP contribution < -0.4 is 0 Å². The van der Waals surface area contributed by atoms with E-state index in [2.05, 4.69) is 13.8 Å². The van der Waals surface area contributed by atoms with Crippen molar-refractivity contribution in [1.29, 1.82) is 0 Å². The van der Waals surface area contributed by atoms with Gasteiger partial charge >= 0.3 is 5.97 Å². The Labute approximate surface area is 92.7 Å². The Morgan fingerprint density at radius 1 is 1.33 bits per heavy atom. The quantitative estimate of drug-likeness (QED) is 0.376. The molecule has 0 fully saturated rings. The van der Waals surface area contributed by atoms with Crippen molar-refractivity contribution in [3.05, 3.63) is 24.3 Å². The minimum absolute atomic E-state index is 0.834. The van der Waals surface area contributed by atoms with Gasteiger partial charge in [0.1, 0.15) is 0 Å². The summed E-state index contributed by atoms with van der Waals surface area (Å²) in [5, 5.41) is 8.32. The van der Waals surface area contributed by atoms with Gasteiger partial charge in [-0.1, -0.05) is 51.3 Å². The van der Waals surface area contributed by atoms with Crippen molar-refractivity contribution in [3.8, 4) is 0 Å². The van der Waals surface area contributed by atoms with Gasteiger partial charge in [0.15, 0.2) is 0 Å². The third-order valence-electron chi connectivity index (χ3n) is 2.50. The molecular formula is C13H22O2. The number of allylic oxidation sites excluding steroid dienone is 3. The van der Waals surface area contributed by atoms with E-state index in [1.165, 1.54) is 25.7 Å². The molecule has 0 amide bonds. The lowest BCUT2D eigenvalue weighted by Crippen LogP contribution is -1.90. The maximum atomic E-state index is 10.1. The monoisotopic (exact) mass is 210 g/mol. The Morgan fingerprint density at radius 2 is 2.07 bits per heavy atom.